The first-order valence-corrected chi connectivity index (χ1v) is 6.04. The minimum absolute atomic E-state index is 0.0542. The number of hydrogen-bond acceptors (Lipinski definition) is 3. The lowest BCUT2D eigenvalue weighted by Crippen LogP contribution is -2.36. The Labute approximate surface area is 113 Å². The fraction of sp³-hybridized carbons (Fsp3) is 0.333. The minimum atomic E-state index is -1.04. The second kappa shape index (κ2) is 5.83. The van der Waals surface area contributed by atoms with Gasteiger partial charge >= 0.3 is 5.97 Å². The standard InChI is InChI=1S/C12H12BrFN2O2/c1-7(2)16(6-10(17)18)9-4-3-8(5-15)11(13)12(9)14/h3-4,7H,6H2,1-2H3,(H,17,18). The van der Waals surface area contributed by atoms with Gasteiger partial charge in [0.2, 0.25) is 0 Å². The van der Waals surface area contributed by atoms with Gasteiger partial charge in [0.25, 0.3) is 0 Å². The van der Waals surface area contributed by atoms with E-state index in [2.05, 4.69) is 15.9 Å². The lowest BCUT2D eigenvalue weighted by Gasteiger charge is -2.27. The second-order valence-corrected chi connectivity index (χ2v) is 4.78. The van der Waals surface area contributed by atoms with Gasteiger partial charge < -0.3 is 10.0 Å². The van der Waals surface area contributed by atoms with E-state index in [1.807, 2.05) is 6.07 Å². The molecule has 0 spiro atoms. The fourth-order valence-corrected chi connectivity index (χ4v) is 1.96. The van der Waals surface area contributed by atoms with Crippen molar-refractivity contribution in [1.29, 1.82) is 5.26 Å². The predicted molar refractivity (Wildman–Crippen MR) is 68.9 cm³/mol. The molecule has 6 heteroatoms. The van der Waals surface area contributed by atoms with Crippen LogP contribution in [0, 0.1) is 17.1 Å². The number of benzene rings is 1. The zero-order valence-corrected chi connectivity index (χ0v) is 11.5. The molecule has 96 valence electrons. The van der Waals surface area contributed by atoms with Crippen molar-refractivity contribution in [3.05, 3.63) is 28.0 Å². The summed E-state index contributed by atoms with van der Waals surface area (Å²) in [5.74, 6) is -1.66. The maximum atomic E-state index is 14.1. The van der Waals surface area contributed by atoms with Crippen LogP contribution in [0.3, 0.4) is 0 Å². The summed E-state index contributed by atoms with van der Waals surface area (Å²) >= 11 is 3.00. The summed E-state index contributed by atoms with van der Waals surface area (Å²) in [5.41, 5.74) is 0.341. The summed E-state index contributed by atoms with van der Waals surface area (Å²) in [6.07, 6.45) is 0. The van der Waals surface area contributed by atoms with E-state index in [4.69, 9.17) is 10.4 Å². The molecular weight excluding hydrogens is 303 g/mol. The molecule has 4 nitrogen and oxygen atoms in total. The van der Waals surface area contributed by atoms with Crippen LogP contribution in [0.5, 0.6) is 0 Å². The van der Waals surface area contributed by atoms with Gasteiger partial charge in [-0.3, -0.25) is 4.79 Å². The number of anilines is 1. The molecule has 1 N–H and O–H groups in total. The fourth-order valence-electron chi connectivity index (χ4n) is 1.54. The molecule has 0 aromatic heterocycles. The van der Waals surface area contributed by atoms with Crippen LogP contribution in [0.4, 0.5) is 10.1 Å². The lowest BCUT2D eigenvalue weighted by atomic mass is 10.1. The summed E-state index contributed by atoms with van der Waals surface area (Å²) in [6, 6.07) is 4.56. The van der Waals surface area contributed by atoms with E-state index in [1.54, 1.807) is 13.8 Å². The van der Waals surface area contributed by atoms with Crippen LogP contribution < -0.4 is 4.90 Å². The van der Waals surface area contributed by atoms with Gasteiger partial charge in [0.15, 0.2) is 5.82 Å². The highest BCUT2D eigenvalue weighted by molar-refractivity contribution is 9.10. The molecule has 0 unspecified atom stereocenters. The zero-order valence-electron chi connectivity index (χ0n) is 9.94. The number of carboxylic acids is 1. The van der Waals surface area contributed by atoms with Crippen LogP contribution in [-0.2, 0) is 4.79 Å². The number of nitrogens with zero attached hydrogens (tertiary/aromatic N) is 2. The van der Waals surface area contributed by atoms with Crippen molar-refractivity contribution in [2.24, 2.45) is 0 Å². The Hall–Kier alpha value is -1.61. The van der Waals surface area contributed by atoms with Crippen molar-refractivity contribution in [2.75, 3.05) is 11.4 Å². The quantitative estimate of drug-likeness (QED) is 0.928. The number of carbonyl (C=O) groups is 1. The topological polar surface area (TPSA) is 64.3 Å². The van der Waals surface area contributed by atoms with Crippen molar-refractivity contribution in [2.45, 2.75) is 19.9 Å². The molecule has 0 radical (unpaired) electrons. The number of hydrogen-bond donors (Lipinski definition) is 1. The average molecular weight is 315 g/mol. The van der Waals surface area contributed by atoms with Gasteiger partial charge in [0, 0.05) is 6.04 Å². The first kappa shape index (κ1) is 14.5. The molecule has 0 amide bonds. The molecule has 0 aliphatic heterocycles. The SMILES string of the molecule is CC(C)N(CC(=O)O)c1ccc(C#N)c(Br)c1F. The normalized spacial score (nSPS) is 10.2. The molecule has 18 heavy (non-hydrogen) atoms. The molecule has 0 fully saturated rings. The van der Waals surface area contributed by atoms with Gasteiger partial charge in [0.05, 0.1) is 15.7 Å². The summed E-state index contributed by atoms with van der Waals surface area (Å²) in [5, 5.41) is 17.6. The van der Waals surface area contributed by atoms with E-state index < -0.39 is 11.8 Å². The van der Waals surface area contributed by atoms with Crippen LogP contribution in [0.25, 0.3) is 0 Å². The van der Waals surface area contributed by atoms with Gasteiger partial charge in [0.1, 0.15) is 12.6 Å². The largest absolute Gasteiger partial charge is 0.480 e. The number of rotatable bonds is 4. The third-order valence-corrected chi connectivity index (χ3v) is 3.20. The Morgan fingerprint density at radius 1 is 1.61 bits per heavy atom. The van der Waals surface area contributed by atoms with Gasteiger partial charge in [-0.25, -0.2) is 4.39 Å². The highest BCUT2D eigenvalue weighted by Crippen LogP contribution is 2.30. The van der Waals surface area contributed by atoms with E-state index in [0.717, 1.165) is 0 Å². The highest BCUT2D eigenvalue weighted by atomic mass is 79.9. The van der Waals surface area contributed by atoms with Gasteiger partial charge in [-0.1, -0.05) is 0 Å². The molecule has 1 aromatic carbocycles. The first-order chi connectivity index (χ1) is 8.38. The Bertz CT molecular complexity index is 512. The smallest absolute Gasteiger partial charge is 0.323 e. The number of nitriles is 1. The number of halogens is 2. The van der Waals surface area contributed by atoms with Crippen molar-refractivity contribution in [3.8, 4) is 6.07 Å². The van der Waals surface area contributed by atoms with E-state index in [0.29, 0.717) is 0 Å². The summed E-state index contributed by atoms with van der Waals surface area (Å²) in [4.78, 5) is 12.2. The number of carboxylic acid groups (broad SMARTS) is 1. The molecule has 0 aliphatic rings. The minimum Gasteiger partial charge on any atom is -0.480 e. The van der Waals surface area contributed by atoms with Crippen molar-refractivity contribution >= 4 is 27.6 Å². The summed E-state index contributed by atoms with van der Waals surface area (Å²) in [7, 11) is 0. The maximum absolute atomic E-state index is 14.1. The molecule has 0 bridgehead atoms. The molecule has 0 aliphatic carbocycles. The lowest BCUT2D eigenvalue weighted by molar-refractivity contribution is -0.135. The zero-order chi connectivity index (χ0) is 13.9. The molecule has 0 heterocycles. The summed E-state index contributed by atoms with van der Waals surface area (Å²) in [6.45, 7) is 3.25. The van der Waals surface area contributed by atoms with Crippen LogP contribution in [0.2, 0.25) is 0 Å². The second-order valence-electron chi connectivity index (χ2n) is 3.99. The summed E-state index contributed by atoms with van der Waals surface area (Å²) < 4.78 is 14.1. The molecule has 0 atom stereocenters. The van der Waals surface area contributed by atoms with E-state index in [1.165, 1.54) is 17.0 Å². The van der Waals surface area contributed by atoms with Crippen LogP contribution in [-0.4, -0.2) is 23.7 Å². The van der Waals surface area contributed by atoms with E-state index in [9.17, 15) is 9.18 Å². The Kier molecular flexibility index (Phi) is 4.68. The third-order valence-electron chi connectivity index (χ3n) is 2.42. The molecule has 0 saturated carbocycles. The van der Waals surface area contributed by atoms with E-state index >= 15 is 0 Å². The van der Waals surface area contributed by atoms with Crippen molar-refractivity contribution in [1.82, 2.24) is 0 Å². The monoisotopic (exact) mass is 314 g/mol. The number of aliphatic carboxylic acids is 1. The molecule has 1 aromatic rings. The van der Waals surface area contributed by atoms with Crippen LogP contribution >= 0.6 is 15.9 Å². The molecule has 0 saturated heterocycles. The Balaban J connectivity index is 3.26. The molecular formula is C12H12BrFN2O2. The van der Waals surface area contributed by atoms with Crippen LogP contribution in [0.1, 0.15) is 19.4 Å². The predicted octanol–water partition coefficient (Wildman–Crippen LogP) is 2.76. The van der Waals surface area contributed by atoms with Crippen molar-refractivity contribution in [3.63, 3.8) is 0 Å². The third kappa shape index (κ3) is 2.99. The van der Waals surface area contributed by atoms with Crippen molar-refractivity contribution < 1.29 is 14.3 Å². The Morgan fingerprint density at radius 3 is 2.67 bits per heavy atom. The average Bonchev–Trinajstić information content (AvgIpc) is 2.29. The highest BCUT2D eigenvalue weighted by Gasteiger charge is 2.20. The Morgan fingerprint density at radius 2 is 2.22 bits per heavy atom. The van der Waals surface area contributed by atoms with Gasteiger partial charge in [-0.2, -0.15) is 5.26 Å². The maximum Gasteiger partial charge on any atom is 0.323 e. The van der Waals surface area contributed by atoms with Gasteiger partial charge in [-0.15, -0.1) is 0 Å². The van der Waals surface area contributed by atoms with Gasteiger partial charge in [-0.05, 0) is 41.9 Å². The van der Waals surface area contributed by atoms with Crippen LogP contribution in [0.15, 0.2) is 16.6 Å². The van der Waals surface area contributed by atoms with E-state index in [-0.39, 0.29) is 28.3 Å². The molecule has 1 rings (SSSR count). The first-order valence-electron chi connectivity index (χ1n) is 5.25.